The van der Waals surface area contributed by atoms with Crippen LogP contribution in [0.5, 0.6) is 5.75 Å². The molecule has 0 heterocycles. The van der Waals surface area contributed by atoms with Crippen LogP contribution >= 0.6 is 0 Å². The van der Waals surface area contributed by atoms with E-state index in [-0.39, 0.29) is 23.6 Å². The molecule has 146 valence electrons. The minimum Gasteiger partial charge on any atom is -0.488 e. The number of benzene rings is 2. The van der Waals surface area contributed by atoms with Crippen molar-refractivity contribution >= 4 is 11.8 Å². The molecule has 0 fully saturated rings. The van der Waals surface area contributed by atoms with Crippen LogP contribution in [0, 0.1) is 13.8 Å². The molecule has 5 nitrogen and oxygen atoms in total. The zero-order valence-electron chi connectivity index (χ0n) is 15.8. The Balaban J connectivity index is 2.37. The van der Waals surface area contributed by atoms with E-state index in [1.165, 1.54) is 12.1 Å². The van der Waals surface area contributed by atoms with E-state index in [0.29, 0.717) is 17.0 Å². The third-order valence-corrected chi connectivity index (χ3v) is 4.42. The maximum absolute atomic E-state index is 13.5. The first-order valence-electron chi connectivity index (χ1n) is 8.49. The number of ether oxygens (including phenoxy) is 2. The third-order valence-electron chi connectivity index (χ3n) is 4.42. The smallest absolute Gasteiger partial charge is 0.438 e. The molecule has 0 aliphatic carbocycles. The summed E-state index contributed by atoms with van der Waals surface area (Å²) in [4.78, 5) is 11.6. The Hall–Kier alpha value is -2.67. The number of nitrogens with zero attached hydrogens (tertiary/aromatic N) is 1. The minimum absolute atomic E-state index is 0.0801. The number of anilines is 1. The summed E-state index contributed by atoms with van der Waals surface area (Å²) in [5.41, 5.74) is 2.91. The van der Waals surface area contributed by atoms with Gasteiger partial charge < -0.3 is 9.47 Å². The molecule has 0 atom stereocenters. The van der Waals surface area contributed by atoms with Crippen LogP contribution in [0.1, 0.15) is 41.2 Å². The zero-order valence-corrected chi connectivity index (χ0v) is 15.8. The van der Waals surface area contributed by atoms with Crippen LogP contribution in [0.15, 0.2) is 30.3 Å². The molecule has 7 heteroatoms. The lowest BCUT2D eigenvalue weighted by atomic mass is 10.0. The summed E-state index contributed by atoms with van der Waals surface area (Å²) in [5.74, 6) is 0.0801. The highest BCUT2D eigenvalue weighted by atomic mass is 19.3. The molecule has 0 radical (unpaired) electrons. The molecular weight excluding hydrogens is 356 g/mol. The van der Waals surface area contributed by atoms with Crippen LogP contribution in [0.4, 0.5) is 19.3 Å². The topological polar surface area (TPSA) is 59.0 Å². The molecule has 0 spiro atoms. The van der Waals surface area contributed by atoms with Crippen LogP contribution in [0.25, 0.3) is 0 Å². The summed E-state index contributed by atoms with van der Waals surface area (Å²) < 4.78 is 37.1. The number of carbonyl (C=O) groups is 1. The van der Waals surface area contributed by atoms with Gasteiger partial charge >= 0.3 is 6.09 Å². The Morgan fingerprint density at radius 3 is 2.52 bits per heavy atom. The lowest BCUT2D eigenvalue weighted by molar-refractivity contribution is 0.140. The average molecular weight is 379 g/mol. The number of rotatable bonds is 6. The van der Waals surface area contributed by atoms with Crippen molar-refractivity contribution in [3.8, 4) is 5.75 Å². The Labute approximate surface area is 157 Å². The van der Waals surface area contributed by atoms with Crippen molar-refractivity contribution in [2.75, 3.05) is 12.2 Å². The van der Waals surface area contributed by atoms with Crippen molar-refractivity contribution in [3.63, 3.8) is 0 Å². The third kappa shape index (κ3) is 4.54. The number of hydroxylamine groups is 1. The maximum Gasteiger partial charge on any atom is 0.438 e. The molecule has 0 saturated heterocycles. The average Bonchev–Trinajstić information content (AvgIpc) is 2.65. The van der Waals surface area contributed by atoms with Gasteiger partial charge in [0.25, 0.3) is 6.43 Å². The predicted octanol–water partition coefficient (Wildman–Crippen LogP) is 5.34. The van der Waals surface area contributed by atoms with Gasteiger partial charge in [-0.15, -0.1) is 0 Å². The normalized spacial score (nSPS) is 10.8. The predicted molar refractivity (Wildman–Crippen MR) is 97.7 cm³/mol. The molecule has 2 rings (SSSR count). The largest absolute Gasteiger partial charge is 0.488 e. The van der Waals surface area contributed by atoms with Gasteiger partial charge in [-0.2, -0.15) is 5.06 Å². The molecule has 1 N–H and O–H groups in total. The lowest BCUT2D eigenvalue weighted by Gasteiger charge is -2.20. The summed E-state index contributed by atoms with van der Waals surface area (Å²) in [5, 5.41) is 10.4. The van der Waals surface area contributed by atoms with Crippen LogP contribution < -0.4 is 9.80 Å². The molecule has 0 aromatic heterocycles. The molecule has 0 saturated carbocycles. The standard InChI is InChI=1S/C20H23F2NO4/c1-5-14-10-15(19(21)22)18(9-13(14)3)27-11-16-12(2)7-6-8-17(16)23(25)20(24)26-4/h6-10,19,25H,5,11H2,1-4H3. The fourth-order valence-electron chi connectivity index (χ4n) is 2.83. The van der Waals surface area contributed by atoms with E-state index < -0.39 is 12.5 Å². The quantitative estimate of drug-likeness (QED) is 0.543. The number of methoxy groups -OCH3 is 1. The van der Waals surface area contributed by atoms with Crippen molar-refractivity contribution in [2.24, 2.45) is 0 Å². The van der Waals surface area contributed by atoms with E-state index in [9.17, 15) is 18.8 Å². The van der Waals surface area contributed by atoms with Crippen LogP contribution in [-0.4, -0.2) is 18.4 Å². The zero-order chi connectivity index (χ0) is 20.1. The first-order chi connectivity index (χ1) is 12.8. The van der Waals surface area contributed by atoms with Crippen LogP contribution in [-0.2, 0) is 17.8 Å². The number of halogens is 2. The first-order valence-corrected chi connectivity index (χ1v) is 8.49. The second kappa shape index (κ2) is 8.81. The lowest BCUT2D eigenvalue weighted by Crippen LogP contribution is -2.28. The van der Waals surface area contributed by atoms with Crippen LogP contribution in [0.2, 0.25) is 0 Å². The Kier molecular flexibility index (Phi) is 6.74. The number of hydrogen-bond acceptors (Lipinski definition) is 4. The van der Waals surface area contributed by atoms with Gasteiger partial charge in [-0.3, -0.25) is 5.21 Å². The molecule has 0 bridgehead atoms. The molecule has 2 aromatic carbocycles. The second-order valence-corrected chi connectivity index (χ2v) is 6.11. The van der Waals surface area contributed by atoms with Crippen LogP contribution in [0.3, 0.4) is 0 Å². The summed E-state index contributed by atoms with van der Waals surface area (Å²) in [6.45, 7) is 5.42. The number of carbonyl (C=O) groups excluding carboxylic acids is 1. The van der Waals surface area contributed by atoms with Gasteiger partial charge in [0.2, 0.25) is 0 Å². The van der Waals surface area contributed by atoms with Crippen molar-refractivity contribution in [1.82, 2.24) is 0 Å². The van der Waals surface area contributed by atoms with Crippen molar-refractivity contribution < 1.29 is 28.3 Å². The van der Waals surface area contributed by atoms with Gasteiger partial charge in [-0.1, -0.05) is 19.1 Å². The summed E-state index contributed by atoms with van der Waals surface area (Å²) >= 11 is 0. The molecule has 0 aliphatic rings. The number of hydrogen-bond donors (Lipinski definition) is 1. The monoisotopic (exact) mass is 379 g/mol. The number of aryl methyl sites for hydroxylation is 3. The highest BCUT2D eigenvalue weighted by Crippen LogP contribution is 2.33. The van der Waals surface area contributed by atoms with E-state index in [0.717, 1.165) is 23.8 Å². The molecule has 1 amide bonds. The van der Waals surface area contributed by atoms with Gasteiger partial charge in [-0.05, 0) is 55.2 Å². The molecule has 2 aromatic rings. The van der Waals surface area contributed by atoms with E-state index in [1.54, 1.807) is 25.1 Å². The van der Waals surface area contributed by atoms with Crippen molar-refractivity contribution in [2.45, 2.75) is 40.2 Å². The first kappa shape index (κ1) is 20.6. The molecule has 0 unspecified atom stereocenters. The van der Waals surface area contributed by atoms with E-state index in [4.69, 9.17) is 4.74 Å². The molecular formula is C20H23F2NO4. The van der Waals surface area contributed by atoms with E-state index in [2.05, 4.69) is 4.74 Å². The molecule has 27 heavy (non-hydrogen) atoms. The fourth-order valence-corrected chi connectivity index (χ4v) is 2.83. The fraction of sp³-hybridized carbons (Fsp3) is 0.350. The summed E-state index contributed by atoms with van der Waals surface area (Å²) in [6, 6.07) is 8.00. The van der Waals surface area contributed by atoms with E-state index in [1.807, 2.05) is 13.8 Å². The SMILES string of the molecule is CCc1cc(C(F)F)c(OCc2c(C)cccc2N(O)C(=O)OC)cc1C. The van der Waals surface area contributed by atoms with Gasteiger partial charge in [0.05, 0.1) is 18.4 Å². The van der Waals surface area contributed by atoms with Gasteiger partial charge in [0.1, 0.15) is 12.4 Å². The second-order valence-electron chi connectivity index (χ2n) is 6.11. The maximum atomic E-state index is 13.5. The van der Waals surface area contributed by atoms with Gasteiger partial charge in [0.15, 0.2) is 0 Å². The minimum atomic E-state index is -2.67. The van der Waals surface area contributed by atoms with Crippen molar-refractivity contribution in [3.05, 3.63) is 58.1 Å². The highest BCUT2D eigenvalue weighted by molar-refractivity contribution is 5.86. The van der Waals surface area contributed by atoms with Gasteiger partial charge in [0, 0.05) is 5.56 Å². The number of alkyl halides is 2. The Morgan fingerprint density at radius 2 is 1.93 bits per heavy atom. The molecule has 0 aliphatic heterocycles. The Morgan fingerprint density at radius 1 is 1.22 bits per heavy atom. The number of amides is 1. The summed E-state index contributed by atoms with van der Waals surface area (Å²) in [7, 11) is 1.14. The van der Waals surface area contributed by atoms with Gasteiger partial charge in [-0.25, -0.2) is 13.6 Å². The summed E-state index contributed by atoms with van der Waals surface area (Å²) in [6.07, 6.45) is -2.99. The van der Waals surface area contributed by atoms with Crippen molar-refractivity contribution in [1.29, 1.82) is 0 Å². The van der Waals surface area contributed by atoms with E-state index >= 15 is 0 Å². The highest BCUT2D eigenvalue weighted by Gasteiger charge is 2.21. The Bertz CT molecular complexity index is 824.